The summed E-state index contributed by atoms with van der Waals surface area (Å²) in [6, 6.07) is 0. The first-order valence-corrected chi connectivity index (χ1v) is 5.57. The molecule has 1 atom stereocenters. The van der Waals surface area contributed by atoms with Crippen molar-refractivity contribution in [3.05, 3.63) is 10.0 Å². The third-order valence-corrected chi connectivity index (χ3v) is 3.64. The molecule has 13 heavy (non-hydrogen) atoms. The molecule has 1 unspecified atom stereocenters. The van der Waals surface area contributed by atoms with Crippen LogP contribution >= 0.6 is 11.3 Å². The molecule has 0 saturated heterocycles. The van der Waals surface area contributed by atoms with Gasteiger partial charge in [-0.1, -0.05) is 30.6 Å². The zero-order chi connectivity index (χ0) is 9.26. The second-order valence-corrected chi connectivity index (χ2v) is 4.80. The van der Waals surface area contributed by atoms with Crippen LogP contribution in [0.2, 0.25) is 0 Å². The van der Waals surface area contributed by atoms with Gasteiger partial charge >= 0.3 is 0 Å². The lowest BCUT2D eigenvalue weighted by Crippen LogP contribution is -2.13. The average molecular weight is 198 g/mol. The first-order valence-electron chi connectivity index (χ1n) is 4.76. The summed E-state index contributed by atoms with van der Waals surface area (Å²) in [5, 5.41) is 19.1. The van der Waals surface area contributed by atoms with Crippen LogP contribution in [0.1, 0.15) is 42.3 Å². The van der Waals surface area contributed by atoms with Crippen molar-refractivity contribution in [1.82, 2.24) is 10.2 Å². The first-order chi connectivity index (χ1) is 6.25. The Morgan fingerprint density at radius 3 is 2.77 bits per heavy atom. The second-order valence-electron chi connectivity index (χ2n) is 3.71. The molecule has 0 radical (unpaired) electrons. The summed E-state index contributed by atoms with van der Waals surface area (Å²) in [6.45, 7) is 1.73. The lowest BCUT2D eigenvalue weighted by Gasteiger charge is -2.23. The van der Waals surface area contributed by atoms with Gasteiger partial charge in [0.15, 0.2) is 0 Å². The van der Waals surface area contributed by atoms with Crippen molar-refractivity contribution in [2.75, 3.05) is 0 Å². The fourth-order valence-corrected chi connectivity index (χ4v) is 2.36. The Bertz CT molecular complexity index is 281. The van der Waals surface area contributed by atoms with Crippen LogP contribution < -0.4 is 0 Å². The lowest BCUT2D eigenvalue weighted by molar-refractivity contribution is 0.198. The Kier molecular flexibility index (Phi) is 2.60. The van der Waals surface area contributed by atoms with Crippen molar-refractivity contribution in [1.29, 1.82) is 0 Å². The van der Waals surface area contributed by atoms with E-state index in [9.17, 15) is 5.11 Å². The Morgan fingerprint density at radius 1 is 1.54 bits per heavy atom. The van der Waals surface area contributed by atoms with Crippen LogP contribution in [0, 0.1) is 5.92 Å². The normalized spacial score (nSPS) is 19.8. The van der Waals surface area contributed by atoms with Gasteiger partial charge in [0.2, 0.25) is 0 Å². The van der Waals surface area contributed by atoms with E-state index in [1.54, 1.807) is 18.3 Å². The molecule has 1 aromatic rings. The first kappa shape index (κ1) is 9.09. The smallest absolute Gasteiger partial charge is 0.145 e. The summed E-state index contributed by atoms with van der Waals surface area (Å²) in [6.07, 6.45) is 4.64. The van der Waals surface area contributed by atoms with Crippen LogP contribution in [-0.4, -0.2) is 15.3 Å². The topological polar surface area (TPSA) is 46.0 Å². The highest BCUT2D eigenvalue weighted by atomic mass is 32.1. The van der Waals surface area contributed by atoms with Gasteiger partial charge in [0.1, 0.15) is 16.1 Å². The van der Waals surface area contributed by atoms with Crippen LogP contribution in [-0.2, 0) is 6.42 Å². The van der Waals surface area contributed by atoms with E-state index in [1.807, 2.05) is 0 Å². The molecule has 0 amide bonds. The van der Waals surface area contributed by atoms with Crippen LogP contribution in [0.3, 0.4) is 0 Å². The molecule has 4 heteroatoms. The molecule has 0 aliphatic heterocycles. The number of hydrogen-bond acceptors (Lipinski definition) is 4. The fraction of sp³-hybridized carbons (Fsp3) is 0.778. The third-order valence-electron chi connectivity index (χ3n) is 2.53. The van der Waals surface area contributed by atoms with Crippen molar-refractivity contribution in [3.63, 3.8) is 0 Å². The predicted molar refractivity (Wildman–Crippen MR) is 51.6 cm³/mol. The Hall–Kier alpha value is -0.480. The fourth-order valence-electron chi connectivity index (χ4n) is 1.46. The maximum atomic E-state index is 9.25. The highest BCUT2D eigenvalue weighted by Crippen LogP contribution is 2.31. The van der Waals surface area contributed by atoms with E-state index in [4.69, 9.17) is 0 Å². The largest absolute Gasteiger partial charge is 0.386 e. The summed E-state index contributed by atoms with van der Waals surface area (Å²) < 4.78 is 0. The monoisotopic (exact) mass is 198 g/mol. The highest BCUT2D eigenvalue weighted by molar-refractivity contribution is 7.11. The molecular weight excluding hydrogens is 184 g/mol. The summed E-state index contributed by atoms with van der Waals surface area (Å²) in [4.78, 5) is 0. The van der Waals surface area contributed by atoms with Gasteiger partial charge in [-0.3, -0.25) is 0 Å². The molecule has 1 saturated carbocycles. The predicted octanol–water partition coefficient (Wildman–Crippen LogP) is 1.93. The van der Waals surface area contributed by atoms with Gasteiger partial charge in [-0.25, -0.2) is 0 Å². The number of aliphatic hydroxyl groups excluding tert-OH is 1. The minimum atomic E-state index is -0.465. The van der Waals surface area contributed by atoms with Gasteiger partial charge in [-0.2, -0.15) is 0 Å². The Labute approximate surface area is 81.8 Å². The maximum absolute atomic E-state index is 9.25. The van der Waals surface area contributed by atoms with Crippen LogP contribution in [0.25, 0.3) is 0 Å². The van der Waals surface area contributed by atoms with Crippen molar-refractivity contribution in [2.24, 2.45) is 5.92 Å². The number of aromatic nitrogens is 2. The molecule has 1 aliphatic carbocycles. The lowest BCUT2D eigenvalue weighted by atomic mass is 9.83. The summed E-state index contributed by atoms with van der Waals surface area (Å²) >= 11 is 1.55. The number of hydrogen-bond donors (Lipinski definition) is 1. The van der Waals surface area contributed by atoms with Gasteiger partial charge in [0.25, 0.3) is 0 Å². The van der Waals surface area contributed by atoms with Crippen molar-refractivity contribution < 1.29 is 5.11 Å². The van der Waals surface area contributed by atoms with E-state index < -0.39 is 6.10 Å². The van der Waals surface area contributed by atoms with Crippen LogP contribution in [0.4, 0.5) is 0 Å². The molecule has 0 spiro atoms. The van der Waals surface area contributed by atoms with E-state index >= 15 is 0 Å². The molecule has 1 aromatic heterocycles. The summed E-state index contributed by atoms with van der Waals surface area (Å²) in [5.41, 5.74) is 0. The van der Waals surface area contributed by atoms with Crippen LogP contribution in [0.5, 0.6) is 0 Å². The third kappa shape index (κ3) is 2.06. The average Bonchev–Trinajstić information content (AvgIpc) is 2.44. The van der Waals surface area contributed by atoms with Crippen LogP contribution in [0.15, 0.2) is 0 Å². The van der Waals surface area contributed by atoms with Gasteiger partial charge in [-0.05, 0) is 12.8 Å². The van der Waals surface area contributed by atoms with E-state index in [1.165, 1.54) is 19.3 Å². The van der Waals surface area contributed by atoms with Crippen molar-refractivity contribution >= 4 is 11.3 Å². The molecular formula is C9H14N2OS. The molecule has 1 aliphatic rings. The maximum Gasteiger partial charge on any atom is 0.145 e. The molecule has 1 N–H and O–H groups in total. The Morgan fingerprint density at radius 2 is 2.31 bits per heavy atom. The zero-order valence-corrected chi connectivity index (χ0v) is 8.55. The molecule has 1 fully saturated rings. The van der Waals surface area contributed by atoms with E-state index in [-0.39, 0.29) is 0 Å². The minimum Gasteiger partial charge on any atom is -0.386 e. The van der Waals surface area contributed by atoms with Gasteiger partial charge in [0.05, 0.1) is 0 Å². The molecule has 3 nitrogen and oxygen atoms in total. The minimum absolute atomic E-state index is 0.465. The highest BCUT2D eigenvalue weighted by Gasteiger charge is 2.20. The molecule has 0 aromatic carbocycles. The van der Waals surface area contributed by atoms with E-state index in [0.29, 0.717) is 0 Å². The number of aliphatic hydroxyl groups is 1. The molecule has 1 heterocycles. The number of rotatable bonds is 3. The van der Waals surface area contributed by atoms with E-state index in [2.05, 4.69) is 10.2 Å². The molecule has 0 bridgehead atoms. The zero-order valence-electron chi connectivity index (χ0n) is 7.73. The van der Waals surface area contributed by atoms with Gasteiger partial charge in [0, 0.05) is 6.42 Å². The van der Waals surface area contributed by atoms with Gasteiger partial charge < -0.3 is 5.11 Å². The molecule has 72 valence electrons. The van der Waals surface area contributed by atoms with Crippen molar-refractivity contribution in [3.8, 4) is 0 Å². The van der Waals surface area contributed by atoms with Crippen molar-refractivity contribution in [2.45, 2.75) is 38.7 Å². The standard InChI is InChI=1S/C9H14N2OS/c1-6(12)9-11-10-8(13-9)5-7-3-2-4-7/h6-7,12H,2-5H2,1H3. The molecule has 2 rings (SSSR count). The quantitative estimate of drug-likeness (QED) is 0.807. The second kappa shape index (κ2) is 3.72. The van der Waals surface area contributed by atoms with E-state index in [0.717, 1.165) is 22.4 Å². The Balaban J connectivity index is 1.96. The summed E-state index contributed by atoms with van der Waals surface area (Å²) in [7, 11) is 0. The summed E-state index contributed by atoms with van der Waals surface area (Å²) in [5.74, 6) is 0.829. The van der Waals surface area contributed by atoms with Gasteiger partial charge in [-0.15, -0.1) is 10.2 Å². The SMILES string of the molecule is CC(O)c1nnc(CC2CCC2)s1. The number of nitrogens with zero attached hydrogens (tertiary/aromatic N) is 2.